The van der Waals surface area contributed by atoms with Crippen LogP contribution >= 0.6 is 15.9 Å². The van der Waals surface area contributed by atoms with Gasteiger partial charge in [0.05, 0.1) is 5.56 Å². The molecule has 0 unspecified atom stereocenters. The van der Waals surface area contributed by atoms with Gasteiger partial charge in [-0.2, -0.15) is 0 Å². The van der Waals surface area contributed by atoms with Crippen LogP contribution in [0, 0.1) is 11.7 Å². The Bertz CT molecular complexity index is 593. The van der Waals surface area contributed by atoms with E-state index in [2.05, 4.69) is 21.2 Å². The van der Waals surface area contributed by atoms with Gasteiger partial charge in [0, 0.05) is 11.0 Å². The maximum Gasteiger partial charge on any atom is 0.339 e. The van der Waals surface area contributed by atoms with Crippen molar-refractivity contribution in [2.45, 2.75) is 20.3 Å². The molecule has 0 bridgehead atoms. The molecular formula is C15H18BrFN2O4. The van der Waals surface area contributed by atoms with E-state index in [-0.39, 0.29) is 5.56 Å². The van der Waals surface area contributed by atoms with E-state index in [1.54, 1.807) is 0 Å². The zero-order valence-corrected chi connectivity index (χ0v) is 14.4. The molecule has 8 heteroatoms. The summed E-state index contributed by atoms with van der Waals surface area (Å²) in [4.78, 5) is 34.7. The number of urea groups is 1. The quantitative estimate of drug-likeness (QED) is 0.733. The molecule has 0 saturated carbocycles. The highest BCUT2D eigenvalue weighted by molar-refractivity contribution is 9.10. The molecule has 0 atom stereocenters. The second-order valence-electron chi connectivity index (χ2n) is 5.19. The molecule has 2 N–H and O–H groups in total. The van der Waals surface area contributed by atoms with Gasteiger partial charge in [-0.1, -0.05) is 13.8 Å². The molecule has 0 radical (unpaired) electrons. The van der Waals surface area contributed by atoms with E-state index in [0.29, 0.717) is 16.9 Å². The zero-order chi connectivity index (χ0) is 17.4. The molecule has 0 aliphatic heterocycles. The first-order chi connectivity index (χ1) is 10.8. The predicted molar refractivity (Wildman–Crippen MR) is 85.4 cm³/mol. The lowest BCUT2D eigenvalue weighted by atomic mass is 10.1. The van der Waals surface area contributed by atoms with E-state index in [1.807, 2.05) is 19.2 Å². The van der Waals surface area contributed by atoms with Crippen molar-refractivity contribution in [1.82, 2.24) is 10.6 Å². The van der Waals surface area contributed by atoms with Gasteiger partial charge in [-0.15, -0.1) is 0 Å². The Morgan fingerprint density at radius 1 is 1.30 bits per heavy atom. The van der Waals surface area contributed by atoms with E-state index >= 15 is 0 Å². The molecule has 1 rings (SSSR count). The SMILES string of the molecule is CC(C)CCNC(=O)NC(=O)COC(=O)c1cc(F)ccc1Br. The highest BCUT2D eigenvalue weighted by Crippen LogP contribution is 2.18. The number of benzene rings is 1. The Labute approximate surface area is 141 Å². The third-order valence-electron chi connectivity index (χ3n) is 2.74. The lowest BCUT2D eigenvalue weighted by Crippen LogP contribution is -2.42. The van der Waals surface area contributed by atoms with Crippen LogP contribution in [-0.2, 0) is 9.53 Å². The van der Waals surface area contributed by atoms with Crippen molar-refractivity contribution < 1.29 is 23.5 Å². The van der Waals surface area contributed by atoms with Crippen molar-refractivity contribution in [3.63, 3.8) is 0 Å². The zero-order valence-electron chi connectivity index (χ0n) is 12.8. The molecule has 0 spiro atoms. The van der Waals surface area contributed by atoms with Gasteiger partial charge in [0.15, 0.2) is 6.61 Å². The fourth-order valence-electron chi connectivity index (χ4n) is 1.54. The summed E-state index contributed by atoms with van der Waals surface area (Å²) in [6.45, 7) is 3.82. The summed E-state index contributed by atoms with van der Waals surface area (Å²) in [6, 6.07) is 2.87. The highest BCUT2D eigenvalue weighted by Gasteiger charge is 2.15. The highest BCUT2D eigenvalue weighted by atomic mass is 79.9. The van der Waals surface area contributed by atoms with Crippen LogP contribution < -0.4 is 10.6 Å². The lowest BCUT2D eigenvalue weighted by molar-refractivity contribution is -0.123. The number of imide groups is 1. The number of rotatable bonds is 6. The van der Waals surface area contributed by atoms with Crippen LogP contribution in [0.5, 0.6) is 0 Å². The number of carbonyl (C=O) groups excluding carboxylic acids is 3. The number of hydrogen-bond acceptors (Lipinski definition) is 4. The summed E-state index contributed by atoms with van der Waals surface area (Å²) in [5.41, 5.74) is -0.0424. The Morgan fingerprint density at radius 2 is 2.00 bits per heavy atom. The minimum atomic E-state index is -0.869. The van der Waals surface area contributed by atoms with Gasteiger partial charge >= 0.3 is 12.0 Å². The van der Waals surface area contributed by atoms with Crippen LogP contribution in [0.1, 0.15) is 30.6 Å². The number of esters is 1. The largest absolute Gasteiger partial charge is 0.452 e. The first-order valence-corrected chi connectivity index (χ1v) is 7.78. The summed E-state index contributed by atoms with van der Waals surface area (Å²) < 4.78 is 18.2. The fourth-order valence-corrected chi connectivity index (χ4v) is 1.95. The normalized spacial score (nSPS) is 10.3. The van der Waals surface area contributed by atoms with Crippen LogP contribution in [0.3, 0.4) is 0 Å². The molecule has 1 aromatic rings. The molecule has 6 nitrogen and oxygen atoms in total. The van der Waals surface area contributed by atoms with Crippen molar-refractivity contribution in [1.29, 1.82) is 0 Å². The second-order valence-corrected chi connectivity index (χ2v) is 6.04. The summed E-state index contributed by atoms with van der Waals surface area (Å²) in [5, 5.41) is 4.55. The van der Waals surface area contributed by atoms with Crippen LogP contribution in [0.15, 0.2) is 22.7 Å². The summed E-state index contributed by atoms with van der Waals surface area (Å²) in [5.74, 6) is -1.81. The summed E-state index contributed by atoms with van der Waals surface area (Å²) in [7, 11) is 0. The molecular weight excluding hydrogens is 371 g/mol. The molecule has 0 aliphatic carbocycles. The average Bonchev–Trinajstić information content (AvgIpc) is 2.46. The topological polar surface area (TPSA) is 84.5 Å². The van der Waals surface area contributed by atoms with Crippen molar-refractivity contribution in [3.8, 4) is 0 Å². The van der Waals surface area contributed by atoms with Crippen LogP contribution in [0.2, 0.25) is 0 Å². The number of halogens is 2. The summed E-state index contributed by atoms with van der Waals surface area (Å²) in [6.07, 6.45) is 0.782. The molecule has 3 amide bonds. The Balaban J connectivity index is 2.39. The van der Waals surface area contributed by atoms with Crippen molar-refractivity contribution in [3.05, 3.63) is 34.1 Å². The second kappa shape index (κ2) is 9.24. The number of amides is 3. The number of nitrogens with one attached hydrogen (secondary N) is 2. The minimum Gasteiger partial charge on any atom is -0.452 e. The van der Waals surface area contributed by atoms with E-state index < -0.39 is 30.3 Å². The van der Waals surface area contributed by atoms with E-state index in [0.717, 1.165) is 12.5 Å². The van der Waals surface area contributed by atoms with Gasteiger partial charge in [-0.3, -0.25) is 10.1 Å². The monoisotopic (exact) mass is 388 g/mol. The summed E-state index contributed by atoms with van der Waals surface area (Å²) >= 11 is 3.09. The standard InChI is InChI=1S/C15H18BrFN2O4/c1-9(2)5-6-18-15(22)19-13(20)8-23-14(21)11-7-10(17)3-4-12(11)16/h3-4,7,9H,5-6,8H2,1-2H3,(H2,18,19,20,22). The Kier molecular flexibility index (Phi) is 7.67. The maximum absolute atomic E-state index is 13.1. The third-order valence-corrected chi connectivity index (χ3v) is 3.43. The molecule has 126 valence electrons. The molecule has 0 aliphatic rings. The van der Waals surface area contributed by atoms with E-state index in [1.165, 1.54) is 12.1 Å². The predicted octanol–water partition coefficient (Wildman–Crippen LogP) is 2.62. The smallest absolute Gasteiger partial charge is 0.339 e. The number of hydrogen-bond donors (Lipinski definition) is 2. The average molecular weight is 389 g/mol. The van der Waals surface area contributed by atoms with Crippen LogP contribution in [0.25, 0.3) is 0 Å². The minimum absolute atomic E-state index is 0.0424. The van der Waals surface area contributed by atoms with Gasteiger partial charge in [0.2, 0.25) is 0 Å². The van der Waals surface area contributed by atoms with Crippen LogP contribution in [-0.4, -0.2) is 31.1 Å². The molecule has 0 fully saturated rings. The molecule has 0 heterocycles. The van der Waals surface area contributed by atoms with Crippen molar-refractivity contribution >= 4 is 33.8 Å². The fraction of sp³-hybridized carbons (Fsp3) is 0.400. The maximum atomic E-state index is 13.1. The molecule has 1 aromatic carbocycles. The van der Waals surface area contributed by atoms with Gasteiger partial charge < -0.3 is 10.1 Å². The van der Waals surface area contributed by atoms with Crippen molar-refractivity contribution in [2.75, 3.05) is 13.2 Å². The van der Waals surface area contributed by atoms with Crippen LogP contribution in [0.4, 0.5) is 9.18 Å². The third kappa shape index (κ3) is 7.23. The van der Waals surface area contributed by atoms with Gasteiger partial charge in [-0.05, 0) is 46.5 Å². The van der Waals surface area contributed by atoms with Gasteiger partial charge in [-0.25, -0.2) is 14.0 Å². The van der Waals surface area contributed by atoms with Gasteiger partial charge in [0.1, 0.15) is 5.82 Å². The van der Waals surface area contributed by atoms with Gasteiger partial charge in [0.25, 0.3) is 5.91 Å². The first kappa shape index (κ1) is 19.1. The van der Waals surface area contributed by atoms with Crippen molar-refractivity contribution in [2.24, 2.45) is 5.92 Å². The first-order valence-electron chi connectivity index (χ1n) is 6.99. The van der Waals surface area contributed by atoms with E-state index in [9.17, 15) is 18.8 Å². The molecule has 0 aromatic heterocycles. The Hall–Kier alpha value is -1.96. The number of ether oxygens (including phenoxy) is 1. The molecule has 0 saturated heterocycles. The number of carbonyl (C=O) groups is 3. The lowest BCUT2D eigenvalue weighted by Gasteiger charge is -2.09. The van der Waals surface area contributed by atoms with E-state index in [4.69, 9.17) is 4.74 Å². The molecule has 23 heavy (non-hydrogen) atoms. The Morgan fingerprint density at radius 3 is 2.65 bits per heavy atom.